The summed E-state index contributed by atoms with van der Waals surface area (Å²) in [6, 6.07) is 0. The number of allylic oxidation sites excluding steroid dienone is 2. The molecule has 1 aromatic heterocycles. The molecule has 2 amide bonds. The Balaban J connectivity index is 1.85. The van der Waals surface area contributed by atoms with Crippen LogP contribution in [0.4, 0.5) is 5.69 Å². The Labute approximate surface area is 132 Å². The van der Waals surface area contributed by atoms with Gasteiger partial charge in [0, 0.05) is 12.7 Å². The minimum Gasteiger partial charge on any atom is -0.481 e. The molecule has 2 aliphatic carbocycles. The second-order valence-corrected chi connectivity index (χ2v) is 5.94. The Morgan fingerprint density at radius 3 is 2.57 bits per heavy atom. The summed E-state index contributed by atoms with van der Waals surface area (Å²) in [5, 5.41) is 16.0. The predicted octanol–water partition coefficient (Wildman–Crippen LogP) is 0.463. The fourth-order valence-electron chi connectivity index (χ4n) is 3.59. The van der Waals surface area contributed by atoms with Crippen molar-refractivity contribution in [2.75, 3.05) is 5.32 Å². The van der Waals surface area contributed by atoms with Crippen LogP contribution in [-0.2, 0) is 16.1 Å². The lowest BCUT2D eigenvalue weighted by Gasteiger charge is -2.23. The van der Waals surface area contributed by atoms with Gasteiger partial charge in [0.2, 0.25) is 5.91 Å². The van der Waals surface area contributed by atoms with Crippen molar-refractivity contribution in [2.45, 2.75) is 19.9 Å². The SMILES string of the molecule is CCn1cc(NC(=O)[C@@H]2[C@@H](C(=O)O)[C@H]3C=C[C@H]2C3)c(C(N)=O)n1. The van der Waals surface area contributed by atoms with Gasteiger partial charge in [-0.05, 0) is 25.2 Å². The quantitative estimate of drug-likeness (QED) is 0.680. The molecule has 0 aliphatic heterocycles. The third-order valence-corrected chi connectivity index (χ3v) is 4.62. The largest absolute Gasteiger partial charge is 0.481 e. The van der Waals surface area contributed by atoms with Crippen LogP contribution in [0, 0.1) is 23.7 Å². The number of nitrogens with one attached hydrogen (secondary N) is 1. The number of amides is 2. The third-order valence-electron chi connectivity index (χ3n) is 4.62. The fraction of sp³-hybridized carbons (Fsp3) is 0.467. The van der Waals surface area contributed by atoms with Crippen molar-refractivity contribution in [3.05, 3.63) is 24.0 Å². The van der Waals surface area contributed by atoms with Crippen molar-refractivity contribution in [3.8, 4) is 0 Å². The molecule has 1 fully saturated rings. The number of carbonyl (C=O) groups excluding carboxylic acids is 2. The summed E-state index contributed by atoms with van der Waals surface area (Å²) in [7, 11) is 0. The number of rotatable bonds is 5. The Morgan fingerprint density at radius 1 is 1.35 bits per heavy atom. The third kappa shape index (κ3) is 2.49. The molecule has 2 aliphatic rings. The standard InChI is InChI=1S/C15H18N4O4/c1-2-19-6-9(12(18-19)13(16)20)17-14(21)10-7-3-4-8(5-7)11(10)15(22)23/h3-4,6-8,10-11H,2,5H2,1H3,(H2,16,20)(H,17,21)(H,22,23)/t7-,8-,10-,11-/m0/s1. The zero-order valence-electron chi connectivity index (χ0n) is 12.6. The van der Waals surface area contributed by atoms with Crippen LogP contribution in [0.25, 0.3) is 0 Å². The van der Waals surface area contributed by atoms with E-state index in [1.165, 1.54) is 10.9 Å². The molecular weight excluding hydrogens is 300 g/mol. The molecule has 1 heterocycles. The zero-order chi connectivity index (χ0) is 16.7. The van der Waals surface area contributed by atoms with Gasteiger partial charge in [-0.15, -0.1) is 0 Å². The number of aliphatic carboxylic acids is 1. The van der Waals surface area contributed by atoms with Crippen LogP contribution in [0.1, 0.15) is 23.8 Å². The number of primary amides is 1. The van der Waals surface area contributed by atoms with Crippen molar-refractivity contribution in [3.63, 3.8) is 0 Å². The Kier molecular flexibility index (Phi) is 3.67. The highest BCUT2D eigenvalue weighted by atomic mass is 16.4. The Bertz CT molecular complexity index is 708. The van der Waals surface area contributed by atoms with E-state index in [-0.39, 0.29) is 23.2 Å². The maximum Gasteiger partial charge on any atom is 0.307 e. The van der Waals surface area contributed by atoms with Gasteiger partial charge in [-0.2, -0.15) is 5.10 Å². The average Bonchev–Trinajstić information content (AvgIpc) is 3.19. The van der Waals surface area contributed by atoms with E-state index in [0.717, 1.165) is 0 Å². The second-order valence-electron chi connectivity index (χ2n) is 5.94. The number of aryl methyl sites for hydroxylation is 1. The highest BCUT2D eigenvalue weighted by Crippen LogP contribution is 2.48. The van der Waals surface area contributed by atoms with E-state index in [2.05, 4.69) is 10.4 Å². The summed E-state index contributed by atoms with van der Waals surface area (Å²) in [5.74, 6) is -3.69. The van der Waals surface area contributed by atoms with Gasteiger partial charge in [-0.3, -0.25) is 19.1 Å². The first kappa shape index (κ1) is 15.3. The summed E-state index contributed by atoms with van der Waals surface area (Å²) >= 11 is 0. The fourth-order valence-corrected chi connectivity index (χ4v) is 3.59. The number of aromatic nitrogens is 2. The minimum absolute atomic E-state index is 0.0224. The van der Waals surface area contributed by atoms with E-state index in [1.807, 2.05) is 19.1 Å². The summed E-state index contributed by atoms with van der Waals surface area (Å²) in [6.45, 7) is 2.36. The lowest BCUT2D eigenvalue weighted by Crippen LogP contribution is -2.36. The lowest BCUT2D eigenvalue weighted by molar-refractivity contribution is -0.146. The normalized spacial score (nSPS) is 28.0. The number of hydrogen-bond acceptors (Lipinski definition) is 4. The van der Waals surface area contributed by atoms with Gasteiger partial charge < -0.3 is 16.2 Å². The number of carbonyl (C=O) groups is 3. The van der Waals surface area contributed by atoms with Gasteiger partial charge in [0.25, 0.3) is 5.91 Å². The van der Waals surface area contributed by atoms with Gasteiger partial charge in [0.05, 0.1) is 17.5 Å². The molecule has 2 bridgehead atoms. The number of fused-ring (bicyclic) bond motifs is 2. The molecule has 4 atom stereocenters. The molecular formula is C15H18N4O4. The first-order valence-electron chi connectivity index (χ1n) is 7.51. The number of anilines is 1. The van der Waals surface area contributed by atoms with Gasteiger partial charge in [0.15, 0.2) is 5.69 Å². The van der Waals surface area contributed by atoms with Crippen molar-refractivity contribution in [1.29, 1.82) is 0 Å². The van der Waals surface area contributed by atoms with E-state index in [4.69, 9.17) is 5.73 Å². The smallest absolute Gasteiger partial charge is 0.307 e. The molecule has 3 rings (SSSR count). The van der Waals surface area contributed by atoms with Crippen LogP contribution in [0.2, 0.25) is 0 Å². The monoisotopic (exact) mass is 318 g/mol. The minimum atomic E-state index is -0.971. The predicted molar refractivity (Wildman–Crippen MR) is 80.4 cm³/mol. The Hall–Kier alpha value is -2.64. The van der Waals surface area contributed by atoms with E-state index in [9.17, 15) is 19.5 Å². The highest BCUT2D eigenvalue weighted by Gasteiger charge is 2.51. The molecule has 122 valence electrons. The van der Waals surface area contributed by atoms with Gasteiger partial charge in [-0.1, -0.05) is 12.2 Å². The van der Waals surface area contributed by atoms with Gasteiger partial charge >= 0.3 is 5.97 Å². The first-order valence-corrected chi connectivity index (χ1v) is 7.51. The van der Waals surface area contributed by atoms with Crippen LogP contribution >= 0.6 is 0 Å². The second kappa shape index (κ2) is 5.53. The first-order chi connectivity index (χ1) is 10.9. The molecule has 4 N–H and O–H groups in total. The van der Waals surface area contributed by atoms with Crippen LogP contribution in [-0.4, -0.2) is 32.7 Å². The maximum absolute atomic E-state index is 12.6. The molecule has 0 aromatic carbocycles. The van der Waals surface area contributed by atoms with Crippen LogP contribution in [0.3, 0.4) is 0 Å². The van der Waals surface area contributed by atoms with E-state index in [0.29, 0.717) is 13.0 Å². The van der Waals surface area contributed by atoms with Gasteiger partial charge in [-0.25, -0.2) is 0 Å². The number of nitrogens with zero attached hydrogens (tertiary/aromatic N) is 2. The summed E-state index contributed by atoms with van der Waals surface area (Å²) < 4.78 is 1.49. The topological polar surface area (TPSA) is 127 Å². The molecule has 8 nitrogen and oxygen atoms in total. The maximum atomic E-state index is 12.6. The zero-order valence-corrected chi connectivity index (χ0v) is 12.6. The van der Waals surface area contributed by atoms with Crippen LogP contribution in [0.5, 0.6) is 0 Å². The van der Waals surface area contributed by atoms with Crippen molar-refractivity contribution in [2.24, 2.45) is 29.4 Å². The van der Waals surface area contributed by atoms with Crippen molar-refractivity contribution < 1.29 is 19.5 Å². The number of nitrogens with two attached hydrogens (primary N) is 1. The van der Waals surface area contributed by atoms with Crippen molar-refractivity contribution >= 4 is 23.5 Å². The summed E-state index contributed by atoms with van der Waals surface area (Å²) in [5.41, 5.74) is 5.48. The number of hydrogen-bond donors (Lipinski definition) is 3. The van der Waals surface area contributed by atoms with Crippen molar-refractivity contribution in [1.82, 2.24) is 9.78 Å². The van der Waals surface area contributed by atoms with E-state index in [1.54, 1.807) is 0 Å². The number of carboxylic acids is 1. The van der Waals surface area contributed by atoms with Crippen LogP contribution < -0.4 is 11.1 Å². The molecule has 1 saturated carbocycles. The molecule has 0 unspecified atom stereocenters. The molecule has 23 heavy (non-hydrogen) atoms. The molecule has 1 aromatic rings. The van der Waals surface area contributed by atoms with E-state index >= 15 is 0 Å². The molecule has 8 heteroatoms. The lowest BCUT2D eigenvalue weighted by atomic mass is 9.82. The van der Waals surface area contributed by atoms with Gasteiger partial charge in [0.1, 0.15) is 0 Å². The van der Waals surface area contributed by atoms with E-state index < -0.39 is 29.6 Å². The Morgan fingerprint density at radius 2 is 2.00 bits per heavy atom. The number of carboxylic acid groups (broad SMARTS) is 1. The molecule has 0 radical (unpaired) electrons. The summed E-state index contributed by atoms with van der Waals surface area (Å²) in [4.78, 5) is 35.5. The molecule has 0 spiro atoms. The highest BCUT2D eigenvalue weighted by molar-refractivity contribution is 6.03. The van der Waals surface area contributed by atoms with Crippen LogP contribution in [0.15, 0.2) is 18.3 Å². The summed E-state index contributed by atoms with van der Waals surface area (Å²) in [6.07, 6.45) is 5.97. The molecule has 0 saturated heterocycles. The average molecular weight is 318 g/mol.